The van der Waals surface area contributed by atoms with Crippen LogP contribution in [0.1, 0.15) is 20.3 Å². The minimum atomic E-state index is -0.0188. The molecule has 1 heterocycles. The van der Waals surface area contributed by atoms with E-state index in [9.17, 15) is 4.79 Å². The Hall–Kier alpha value is -0.990. The third kappa shape index (κ3) is 1.00. The lowest BCUT2D eigenvalue weighted by atomic mass is 10.1. The van der Waals surface area contributed by atoms with Crippen molar-refractivity contribution in [2.45, 2.75) is 20.3 Å². The summed E-state index contributed by atoms with van der Waals surface area (Å²) in [5.74, 6) is 1.90. The van der Waals surface area contributed by atoms with Crippen LogP contribution in [-0.2, 0) is 9.53 Å². The highest BCUT2D eigenvalue weighted by Gasteiger charge is 2.33. The van der Waals surface area contributed by atoms with Crippen LogP contribution >= 0.6 is 0 Å². The van der Waals surface area contributed by atoms with E-state index in [1.807, 2.05) is 0 Å². The fraction of sp³-hybridized carbons (Fsp3) is 0.667. The minimum Gasteiger partial charge on any atom is -0.486 e. The van der Waals surface area contributed by atoms with Gasteiger partial charge in [0.15, 0.2) is 6.61 Å². The first-order valence-corrected chi connectivity index (χ1v) is 4.35. The molecule has 0 spiro atoms. The Bertz CT molecular complexity index is 257. The van der Waals surface area contributed by atoms with Gasteiger partial charge in [0.05, 0.1) is 5.70 Å². The summed E-state index contributed by atoms with van der Waals surface area (Å²) < 4.78 is 5.36. The molecule has 1 aliphatic carbocycles. The summed E-state index contributed by atoms with van der Waals surface area (Å²) in [7, 11) is 0. The van der Waals surface area contributed by atoms with Crippen molar-refractivity contribution in [2.24, 2.45) is 11.8 Å². The summed E-state index contributed by atoms with van der Waals surface area (Å²) in [6, 6.07) is 0. The van der Waals surface area contributed by atoms with Gasteiger partial charge in [0.1, 0.15) is 5.76 Å². The van der Waals surface area contributed by atoms with Crippen LogP contribution in [-0.4, -0.2) is 12.5 Å². The van der Waals surface area contributed by atoms with E-state index in [2.05, 4.69) is 19.2 Å². The van der Waals surface area contributed by atoms with E-state index in [1.54, 1.807) is 0 Å². The predicted octanol–water partition coefficient (Wildman–Crippen LogP) is 1.02. The van der Waals surface area contributed by atoms with Gasteiger partial charge in [-0.3, -0.25) is 4.79 Å². The van der Waals surface area contributed by atoms with Gasteiger partial charge >= 0.3 is 0 Å². The Morgan fingerprint density at radius 3 is 2.92 bits per heavy atom. The molecular weight excluding hydrogens is 154 g/mol. The van der Waals surface area contributed by atoms with Crippen molar-refractivity contribution in [2.75, 3.05) is 6.61 Å². The molecule has 1 aliphatic heterocycles. The topological polar surface area (TPSA) is 38.3 Å². The molecule has 0 radical (unpaired) electrons. The van der Waals surface area contributed by atoms with E-state index >= 15 is 0 Å². The van der Waals surface area contributed by atoms with Gasteiger partial charge in [-0.15, -0.1) is 0 Å². The van der Waals surface area contributed by atoms with E-state index in [-0.39, 0.29) is 12.5 Å². The maximum absolute atomic E-state index is 11.0. The SMILES string of the molecule is CC1CC(C)C2=C1NC(=O)CO2. The zero-order chi connectivity index (χ0) is 8.72. The second-order valence-electron chi connectivity index (χ2n) is 3.65. The van der Waals surface area contributed by atoms with Gasteiger partial charge in [-0.05, 0) is 6.42 Å². The molecule has 0 aromatic carbocycles. The number of ether oxygens (including phenoxy) is 1. The fourth-order valence-electron chi connectivity index (χ4n) is 2.00. The maximum Gasteiger partial charge on any atom is 0.262 e. The zero-order valence-corrected chi connectivity index (χ0v) is 7.39. The molecule has 1 N–H and O–H groups in total. The van der Waals surface area contributed by atoms with Crippen LogP contribution < -0.4 is 5.32 Å². The smallest absolute Gasteiger partial charge is 0.262 e. The second-order valence-corrected chi connectivity index (χ2v) is 3.65. The third-order valence-corrected chi connectivity index (χ3v) is 2.55. The normalized spacial score (nSPS) is 34.3. The van der Waals surface area contributed by atoms with Gasteiger partial charge in [0, 0.05) is 11.8 Å². The molecule has 3 heteroatoms. The van der Waals surface area contributed by atoms with Crippen molar-refractivity contribution in [3.05, 3.63) is 11.5 Å². The first-order chi connectivity index (χ1) is 5.68. The molecule has 3 nitrogen and oxygen atoms in total. The number of rotatable bonds is 0. The van der Waals surface area contributed by atoms with E-state index in [1.165, 1.54) is 0 Å². The lowest BCUT2D eigenvalue weighted by molar-refractivity contribution is -0.125. The van der Waals surface area contributed by atoms with Gasteiger partial charge in [-0.25, -0.2) is 0 Å². The number of carbonyl (C=O) groups is 1. The molecule has 2 unspecified atom stereocenters. The van der Waals surface area contributed by atoms with Crippen LogP contribution in [0.3, 0.4) is 0 Å². The van der Waals surface area contributed by atoms with E-state index < -0.39 is 0 Å². The Labute approximate surface area is 71.8 Å². The first kappa shape index (κ1) is 7.65. The van der Waals surface area contributed by atoms with Crippen LogP contribution in [0.4, 0.5) is 0 Å². The van der Waals surface area contributed by atoms with Gasteiger partial charge in [-0.2, -0.15) is 0 Å². The van der Waals surface area contributed by atoms with Crippen molar-refractivity contribution < 1.29 is 9.53 Å². The van der Waals surface area contributed by atoms with Crippen molar-refractivity contribution in [1.29, 1.82) is 0 Å². The molecular formula is C9H13NO2. The first-order valence-electron chi connectivity index (χ1n) is 4.35. The van der Waals surface area contributed by atoms with Gasteiger partial charge in [0.25, 0.3) is 5.91 Å². The molecule has 0 saturated heterocycles. The summed E-state index contributed by atoms with van der Waals surface area (Å²) in [4.78, 5) is 11.0. The average molecular weight is 167 g/mol. The van der Waals surface area contributed by atoms with Crippen molar-refractivity contribution >= 4 is 5.91 Å². The molecule has 0 bridgehead atoms. The van der Waals surface area contributed by atoms with Gasteiger partial charge in [0.2, 0.25) is 0 Å². The van der Waals surface area contributed by atoms with Crippen molar-refractivity contribution in [3.63, 3.8) is 0 Å². The van der Waals surface area contributed by atoms with E-state index in [0.717, 1.165) is 17.9 Å². The number of hydrogen-bond acceptors (Lipinski definition) is 2. The highest BCUT2D eigenvalue weighted by atomic mass is 16.5. The summed E-state index contributed by atoms with van der Waals surface area (Å²) in [5, 5.41) is 2.87. The summed E-state index contributed by atoms with van der Waals surface area (Å²) in [6.45, 7) is 4.44. The van der Waals surface area contributed by atoms with Gasteiger partial charge in [-0.1, -0.05) is 13.8 Å². The highest BCUT2D eigenvalue weighted by Crippen LogP contribution is 2.36. The number of allylic oxidation sites excluding steroid dienone is 2. The lowest BCUT2D eigenvalue weighted by Gasteiger charge is -2.19. The van der Waals surface area contributed by atoms with Crippen molar-refractivity contribution in [1.82, 2.24) is 5.32 Å². The molecule has 0 aromatic rings. The number of nitrogens with one attached hydrogen (secondary N) is 1. The average Bonchev–Trinajstić information content (AvgIpc) is 2.28. The van der Waals surface area contributed by atoms with Crippen LogP contribution in [0.2, 0.25) is 0 Å². The molecule has 2 aliphatic rings. The predicted molar refractivity (Wildman–Crippen MR) is 44.1 cm³/mol. The summed E-state index contributed by atoms with van der Waals surface area (Å²) in [6.07, 6.45) is 1.09. The van der Waals surface area contributed by atoms with Gasteiger partial charge < -0.3 is 10.1 Å². The molecule has 2 rings (SSSR count). The zero-order valence-electron chi connectivity index (χ0n) is 7.39. The highest BCUT2D eigenvalue weighted by molar-refractivity contribution is 5.80. The Kier molecular flexibility index (Phi) is 1.60. The molecule has 0 aromatic heterocycles. The molecule has 66 valence electrons. The Morgan fingerprint density at radius 2 is 2.17 bits per heavy atom. The second kappa shape index (κ2) is 2.51. The van der Waals surface area contributed by atoms with E-state index in [4.69, 9.17) is 4.74 Å². The fourth-order valence-corrected chi connectivity index (χ4v) is 2.00. The molecule has 1 amide bonds. The molecule has 0 fully saturated rings. The summed E-state index contributed by atoms with van der Waals surface area (Å²) >= 11 is 0. The largest absolute Gasteiger partial charge is 0.486 e. The molecule has 2 atom stereocenters. The van der Waals surface area contributed by atoms with Crippen LogP contribution in [0.25, 0.3) is 0 Å². The summed E-state index contributed by atoms with van der Waals surface area (Å²) in [5.41, 5.74) is 1.01. The quantitative estimate of drug-likeness (QED) is 0.585. The maximum atomic E-state index is 11.0. The van der Waals surface area contributed by atoms with Crippen LogP contribution in [0, 0.1) is 11.8 Å². The lowest BCUT2D eigenvalue weighted by Crippen LogP contribution is -2.33. The third-order valence-electron chi connectivity index (χ3n) is 2.55. The van der Waals surface area contributed by atoms with Crippen molar-refractivity contribution in [3.8, 4) is 0 Å². The van der Waals surface area contributed by atoms with Crippen LogP contribution in [0.5, 0.6) is 0 Å². The molecule has 12 heavy (non-hydrogen) atoms. The number of hydrogen-bond donors (Lipinski definition) is 1. The van der Waals surface area contributed by atoms with Crippen LogP contribution in [0.15, 0.2) is 11.5 Å². The Balaban J connectivity index is 2.29. The monoisotopic (exact) mass is 167 g/mol. The number of carbonyl (C=O) groups excluding carboxylic acids is 1. The minimum absolute atomic E-state index is 0.0188. The standard InChI is InChI=1S/C9H13NO2/c1-5-3-6(2)9-8(5)10-7(11)4-12-9/h5-6H,3-4H2,1-2H3,(H,10,11). The molecule has 0 saturated carbocycles. The van der Waals surface area contributed by atoms with E-state index in [0.29, 0.717) is 11.8 Å². The Morgan fingerprint density at radius 1 is 1.42 bits per heavy atom. The number of amides is 1.